The standard InChI is InChI=1S/C12H16Si/c1-4-11-6-5-7-12(8-11)13-9-10(2)3/h4-9H,1,13H2,2-3H3. The average molecular weight is 188 g/mol. The lowest BCUT2D eigenvalue weighted by Crippen LogP contribution is -2.11. The van der Waals surface area contributed by atoms with Gasteiger partial charge in [-0.15, -0.1) is 0 Å². The molecule has 0 heterocycles. The second kappa shape index (κ2) is 4.82. The molecule has 0 amide bonds. The molecule has 1 aromatic rings. The fourth-order valence-electron chi connectivity index (χ4n) is 1.17. The Bertz CT molecular complexity index is 320. The molecule has 0 aliphatic rings. The van der Waals surface area contributed by atoms with Gasteiger partial charge in [-0.2, -0.15) is 0 Å². The van der Waals surface area contributed by atoms with Crippen LogP contribution in [0.4, 0.5) is 0 Å². The van der Waals surface area contributed by atoms with E-state index in [2.05, 4.69) is 50.4 Å². The summed E-state index contributed by atoms with van der Waals surface area (Å²) in [6.45, 7) is 8.08. The third kappa shape index (κ3) is 3.43. The fourth-order valence-corrected chi connectivity index (χ4v) is 2.44. The number of hydrogen-bond acceptors (Lipinski definition) is 0. The Morgan fingerprint density at radius 2 is 2.15 bits per heavy atom. The van der Waals surface area contributed by atoms with Crippen LogP contribution in [0.25, 0.3) is 6.08 Å². The zero-order valence-corrected chi connectivity index (χ0v) is 9.79. The zero-order chi connectivity index (χ0) is 9.68. The van der Waals surface area contributed by atoms with Crippen molar-refractivity contribution in [2.75, 3.05) is 0 Å². The lowest BCUT2D eigenvalue weighted by molar-refractivity contribution is 1.41. The molecule has 0 N–H and O–H groups in total. The monoisotopic (exact) mass is 188 g/mol. The maximum atomic E-state index is 3.77. The van der Waals surface area contributed by atoms with Gasteiger partial charge in [0.25, 0.3) is 0 Å². The first-order valence-electron chi connectivity index (χ1n) is 4.57. The quantitative estimate of drug-likeness (QED) is 0.637. The number of benzene rings is 1. The van der Waals surface area contributed by atoms with Gasteiger partial charge >= 0.3 is 0 Å². The minimum absolute atomic E-state index is 0.199. The van der Waals surface area contributed by atoms with Crippen molar-refractivity contribution in [3.8, 4) is 0 Å². The molecule has 0 nitrogen and oxygen atoms in total. The van der Waals surface area contributed by atoms with E-state index in [9.17, 15) is 0 Å². The van der Waals surface area contributed by atoms with Crippen molar-refractivity contribution in [3.63, 3.8) is 0 Å². The Kier molecular flexibility index (Phi) is 3.71. The molecule has 0 aromatic heterocycles. The summed E-state index contributed by atoms with van der Waals surface area (Å²) in [5, 5.41) is 1.48. The highest BCUT2D eigenvalue weighted by Gasteiger charge is 1.91. The van der Waals surface area contributed by atoms with Crippen molar-refractivity contribution in [1.29, 1.82) is 0 Å². The molecule has 0 saturated carbocycles. The van der Waals surface area contributed by atoms with Gasteiger partial charge < -0.3 is 0 Å². The molecule has 0 bridgehead atoms. The van der Waals surface area contributed by atoms with Crippen molar-refractivity contribution >= 4 is 20.8 Å². The van der Waals surface area contributed by atoms with Crippen LogP contribution in [0.1, 0.15) is 19.4 Å². The second-order valence-electron chi connectivity index (χ2n) is 3.43. The second-order valence-corrected chi connectivity index (χ2v) is 5.07. The lowest BCUT2D eigenvalue weighted by atomic mass is 10.2. The average Bonchev–Trinajstić information content (AvgIpc) is 2.15. The molecular weight excluding hydrogens is 172 g/mol. The summed E-state index contributed by atoms with van der Waals surface area (Å²) in [5.41, 5.74) is 5.03. The molecular formula is C12H16Si. The van der Waals surface area contributed by atoms with Gasteiger partial charge in [0.15, 0.2) is 0 Å². The topological polar surface area (TPSA) is 0 Å². The Morgan fingerprint density at radius 1 is 1.38 bits per heavy atom. The predicted octanol–water partition coefficient (Wildman–Crippen LogP) is 2.05. The summed E-state index contributed by atoms with van der Waals surface area (Å²) in [4.78, 5) is 0. The van der Waals surface area contributed by atoms with E-state index in [0.717, 1.165) is 0 Å². The van der Waals surface area contributed by atoms with E-state index in [4.69, 9.17) is 0 Å². The fraction of sp³-hybridized carbons (Fsp3) is 0.167. The summed E-state index contributed by atoms with van der Waals surface area (Å²) in [6.07, 6.45) is 1.90. The normalized spacial score (nSPS) is 10.3. The molecule has 68 valence electrons. The van der Waals surface area contributed by atoms with E-state index in [0.29, 0.717) is 0 Å². The first-order valence-corrected chi connectivity index (χ1v) is 6.09. The molecule has 1 rings (SSSR count). The van der Waals surface area contributed by atoms with Crippen LogP contribution in [0, 0.1) is 0 Å². The Labute approximate surface area is 82.8 Å². The van der Waals surface area contributed by atoms with Crippen LogP contribution in [-0.2, 0) is 0 Å². The number of rotatable bonds is 3. The van der Waals surface area contributed by atoms with Gasteiger partial charge in [-0.25, -0.2) is 0 Å². The maximum absolute atomic E-state index is 3.77. The van der Waals surface area contributed by atoms with Crippen LogP contribution >= 0.6 is 0 Å². The third-order valence-corrected chi connectivity index (χ3v) is 3.86. The van der Waals surface area contributed by atoms with Crippen molar-refractivity contribution in [3.05, 3.63) is 47.7 Å². The van der Waals surface area contributed by atoms with E-state index in [1.54, 1.807) is 0 Å². The van der Waals surface area contributed by atoms with Gasteiger partial charge in [-0.3, -0.25) is 0 Å². The Morgan fingerprint density at radius 3 is 2.77 bits per heavy atom. The molecule has 0 radical (unpaired) electrons. The molecule has 0 unspecified atom stereocenters. The predicted molar refractivity (Wildman–Crippen MR) is 64.1 cm³/mol. The minimum Gasteiger partial charge on any atom is -0.0985 e. The van der Waals surface area contributed by atoms with Gasteiger partial charge in [0.05, 0.1) is 9.52 Å². The highest BCUT2D eigenvalue weighted by molar-refractivity contribution is 6.58. The molecule has 1 aromatic carbocycles. The molecule has 0 spiro atoms. The van der Waals surface area contributed by atoms with Crippen LogP contribution in [0.15, 0.2) is 42.1 Å². The third-order valence-electron chi connectivity index (χ3n) is 1.93. The highest BCUT2D eigenvalue weighted by atomic mass is 28.2. The van der Waals surface area contributed by atoms with Crippen LogP contribution in [-0.4, -0.2) is 9.52 Å². The van der Waals surface area contributed by atoms with Gasteiger partial charge in [0, 0.05) is 0 Å². The van der Waals surface area contributed by atoms with Gasteiger partial charge in [-0.1, -0.05) is 53.4 Å². The summed E-state index contributed by atoms with van der Waals surface area (Å²) < 4.78 is 0. The van der Waals surface area contributed by atoms with Gasteiger partial charge in [0.1, 0.15) is 0 Å². The largest absolute Gasteiger partial charge is 0.0985 e. The van der Waals surface area contributed by atoms with E-state index in [1.807, 2.05) is 6.08 Å². The van der Waals surface area contributed by atoms with Gasteiger partial charge in [0.2, 0.25) is 0 Å². The molecule has 0 fully saturated rings. The number of allylic oxidation sites excluding steroid dienone is 1. The zero-order valence-electron chi connectivity index (χ0n) is 8.38. The Hall–Kier alpha value is -1.08. The Balaban J connectivity index is 2.77. The van der Waals surface area contributed by atoms with Crippen molar-refractivity contribution in [2.45, 2.75) is 13.8 Å². The van der Waals surface area contributed by atoms with E-state index < -0.39 is 0 Å². The van der Waals surface area contributed by atoms with Crippen molar-refractivity contribution in [1.82, 2.24) is 0 Å². The van der Waals surface area contributed by atoms with E-state index in [1.165, 1.54) is 16.3 Å². The van der Waals surface area contributed by atoms with Crippen molar-refractivity contribution < 1.29 is 0 Å². The van der Waals surface area contributed by atoms with E-state index in [-0.39, 0.29) is 9.52 Å². The molecule has 0 aliphatic heterocycles. The van der Waals surface area contributed by atoms with Crippen LogP contribution < -0.4 is 5.19 Å². The van der Waals surface area contributed by atoms with Crippen LogP contribution in [0.3, 0.4) is 0 Å². The smallest absolute Gasteiger partial charge is 0.0782 e. The van der Waals surface area contributed by atoms with Gasteiger partial charge in [-0.05, 0) is 19.4 Å². The first kappa shape index (κ1) is 10.0. The summed E-state index contributed by atoms with van der Waals surface area (Å²) in [7, 11) is -0.199. The SMILES string of the molecule is C=Cc1cccc([SiH2]C=C(C)C)c1. The molecule has 0 atom stereocenters. The molecule has 0 saturated heterocycles. The molecule has 13 heavy (non-hydrogen) atoms. The first-order chi connectivity index (χ1) is 6.22. The van der Waals surface area contributed by atoms with Crippen molar-refractivity contribution in [2.24, 2.45) is 0 Å². The molecule has 0 aliphatic carbocycles. The van der Waals surface area contributed by atoms with E-state index >= 15 is 0 Å². The summed E-state index contributed by atoms with van der Waals surface area (Å²) >= 11 is 0. The maximum Gasteiger partial charge on any atom is 0.0782 e. The van der Waals surface area contributed by atoms with Crippen LogP contribution in [0.2, 0.25) is 0 Å². The lowest BCUT2D eigenvalue weighted by Gasteiger charge is -1.98. The minimum atomic E-state index is -0.199. The highest BCUT2D eigenvalue weighted by Crippen LogP contribution is 1.97. The summed E-state index contributed by atoms with van der Waals surface area (Å²) in [5.74, 6) is 0. The number of hydrogen-bond donors (Lipinski definition) is 0. The molecule has 1 heteroatoms. The summed E-state index contributed by atoms with van der Waals surface area (Å²) in [6, 6.07) is 8.64. The van der Waals surface area contributed by atoms with Crippen LogP contribution in [0.5, 0.6) is 0 Å².